The van der Waals surface area contributed by atoms with Gasteiger partial charge in [0.05, 0.1) is 79.3 Å². The Bertz CT molecular complexity index is 484. The van der Waals surface area contributed by atoms with Gasteiger partial charge < -0.3 is 43.0 Å². The molecule has 0 aliphatic carbocycles. The minimum Gasteiger partial charge on any atom is -0.502 e. The largest absolute Gasteiger partial charge is 0.502 e. The van der Waals surface area contributed by atoms with E-state index in [4.69, 9.17) is 37.9 Å². The van der Waals surface area contributed by atoms with Gasteiger partial charge in [0, 0.05) is 0 Å². The van der Waals surface area contributed by atoms with Crippen molar-refractivity contribution in [1.82, 2.24) is 0 Å². The lowest BCUT2D eigenvalue weighted by molar-refractivity contribution is -0.0186. The third-order valence-electron chi connectivity index (χ3n) is 3.79. The molecule has 2 rings (SSSR count). The van der Waals surface area contributed by atoms with Crippen molar-refractivity contribution < 1.29 is 43.0 Å². The molecule has 0 saturated carbocycles. The molecule has 1 aromatic carbocycles. The van der Waals surface area contributed by atoms with Gasteiger partial charge in [0.1, 0.15) is 13.2 Å². The number of rotatable bonds is 0. The highest BCUT2D eigenvalue weighted by atomic mass is 16.6. The Balaban J connectivity index is 1.71. The molecule has 1 aliphatic heterocycles. The minimum atomic E-state index is -0.0373. The summed E-state index contributed by atoms with van der Waals surface area (Å²) in [5, 5.41) is 10.2. The van der Waals surface area contributed by atoms with Gasteiger partial charge in [0.2, 0.25) is 5.75 Å². The summed E-state index contributed by atoms with van der Waals surface area (Å²) in [5.41, 5.74) is 0. The van der Waals surface area contributed by atoms with Gasteiger partial charge in [-0.15, -0.1) is 0 Å². The first-order valence-corrected chi connectivity index (χ1v) is 9.92. The van der Waals surface area contributed by atoms with Gasteiger partial charge in [-0.2, -0.15) is 0 Å². The zero-order chi connectivity index (χ0) is 20.4. The van der Waals surface area contributed by atoms with Crippen LogP contribution in [0.1, 0.15) is 0 Å². The zero-order valence-electron chi connectivity index (χ0n) is 16.8. The van der Waals surface area contributed by atoms with Gasteiger partial charge in [0.25, 0.3) is 0 Å². The van der Waals surface area contributed by atoms with E-state index >= 15 is 0 Å². The topological polar surface area (TPSA) is 94.1 Å². The highest BCUT2D eigenvalue weighted by Crippen LogP contribution is 2.35. The fraction of sp³-hybridized carbons (Fsp3) is 0.700. The average Bonchev–Trinajstić information content (AvgIpc) is 2.73. The van der Waals surface area contributed by atoms with E-state index in [0.29, 0.717) is 104 Å². The fourth-order valence-electron chi connectivity index (χ4n) is 2.36. The van der Waals surface area contributed by atoms with Gasteiger partial charge in [-0.25, -0.2) is 0 Å². The minimum absolute atomic E-state index is 0.0373. The maximum atomic E-state index is 10.2. The molecule has 1 aliphatic rings. The molecule has 1 heterocycles. The number of phenols is 1. The quantitative estimate of drug-likeness (QED) is 0.671. The lowest BCUT2D eigenvalue weighted by Gasteiger charge is -2.13. The lowest BCUT2D eigenvalue weighted by Crippen LogP contribution is -2.15. The first-order chi connectivity index (χ1) is 14.4. The van der Waals surface area contributed by atoms with Crippen molar-refractivity contribution in [2.45, 2.75) is 0 Å². The summed E-state index contributed by atoms with van der Waals surface area (Å²) in [7, 11) is 0. The van der Waals surface area contributed by atoms with Crippen LogP contribution in [-0.4, -0.2) is 97.6 Å². The molecule has 0 saturated heterocycles. The molecule has 0 spiro atoms. The van der Waals surface area contributed by atoms with Crippen molar-refractivity contribution in [3.8, 4) is 17.2 Å². The van der Waals surface area contributed by atoms with Crippen molar-refractivity contribution in [3.63, 3.8) is 0 Å². The second-order valence-electron chi connectivity index (χ2n) is 5.97. The van der Waals surface area contributed by atoms with Gasteiger partial charge in [0.15, 0.2) is 11.5 Å². The van der Waals surface area contributed by atoms with Crippen molar-refractivity contribution in [2.24, 2.45) is 0 Å². The van der Waals surface area contributed by atoms with E-state index in [2.05, 4.69) is 0 Å². The highest BCUT2D eigenvalue weighted by molar-refractivity contribution is 5.49. The van der Waals surface area contributed by atoms with Gasteiger partial charge in [-0.3, -0.25) is 0 Å². The van der Waals surface area contributed by atoms with Gasteiger partial charge in [-0.05, 0) is 12.1 Å². The maximum Gasteiger partial charge on any atom is 0.200 e. The summed E-state index contributed by atoms with van der Waals surface area (Å²) < 4.78 is 43.6. The van der Waals surface area contributed by atoms with E-state index in [1.165, 1.54) is 0 Å². The number of phenolic OH excluding ortho intramolecular Hbond substituents is 1. The SMILES string of the molecule is Oc1c2cccc1OCCOCCOCCOCCOCCOCCOCCO2. The van der Waals surface area contributed by atoms with E-state index in [9.17, 15) is 5.11 Å². The van der Waals surface area contributed by atoms with Crippen molar-refractivity contribution in [3.05, 3.63) is 18.2 Å². The van der Waals surface area contributed by atoms with Crippen LogP contribution in [0.3, 0.4) is 0 Å². The Labute approximate surface area is 171 Å². The van der Waals surface area contributed by atoms with E-state index in [-0.39, 0.29) is 5.75 Å². The number of benzene rings is 1. The van der Waals surface area contributed by atoms with Crippen molar-refractivity contribution in [1.29, 1.82) is 0 Å². The van der Waals surface area contributed by atoms with Gasteiger partial charge in [-0.1, -0.05) is 6.07 Å². The van der Waals surface area contributed by atoms with Crippen molar-refractivity contribution in [2.75, 3.05) is 92.5 Å². The monoisotopic (exact) mass is 416 g/mol. The summed E-state index contributed by atoms with van der Waals surface area (Å²) in [6.45, 7) is 6.34. The van der Waals surface area contributed by atoms with Gasteiger partial charge >= 0.3 is 0 Å². The van der Waals surface area contributed by atoms with Crippen LogP contribution in [0.15, 0.2) is 18.2 Å². The Morgan fingerprint density at radius 3 is 1.03 bits per heavy atom. The van der Waals surface area contributed by atoms with E-state index < -0.39 is 0 Å². The highest BCUT2D eigenvalue weighted by Gasteiger charge is 2.09. The molecule has 0 amide bonds. The third-order valence-corrected chi connectivity index (χ3v) is 3.79. The van der Waals surface area contributed by atoms with E-state index in [1.54, 1.807) is 18.2 Å². The number of hydrogen-bond acceptors (Lipinski definition) is 9. The van der Waals surface area contributed by atoms with Crippen LogP contribution < -0.4 is 9.47 Å². The molecule has 1 aromatic rings. The van der Waals surface area contributed by atoms with Crippen LogP contribution in [0.4, 0.5) is 0 Å². The predicted octanol–water partition coefficient (Wildman–Crippen LogP) is 1.26. The molecule has 0 atom stereocenters. The summed E-state index contributed by atoms with van der Waals surface area (Å²) in [4.78, 5) is 0. The molecule has 9 nitrogen and oxygen atoms in total. The molecular formula is C20H32O9. The van der Waals surface area contributed by atoms with Crippen LogP contribution in [-0.2, 0) is 28.4 Å². The molecule has 0 unspecified atom stereocenters. The Morgan fingerprint density at radius 2 is 0.724 bits per heavy atom. The molecule has 166 valence electrons. The predicted molar refractivity (Wildman–Crippen MR) is 104 cm³/mol. The Hall–Kier alpha value is -1.62. The number of fused-ring (bicyclic) bond motifs is 2. The molecule has 2 bridgehead atoms. The summed E-state index contributed by atoms with van der Waals surface area (Å²) in [6.07, 6.45) is 0. The Morgan fingerprint density at radius 1 is 0.448 bits per heavy atom. The average molecular weight is 416 g/mol. The molecule has 29 heavy (non-hydrogen) atoms. The first kappa shape index (κ1) is 23.7. The van der Waals surface area contributed by atoms with Crippen LogP contribution >= 0.6 is 0 Å². The number of ether oxygens (including phenoxy) is 8. The standard InChI is InChI=1S/C20H32O9/c21-20-18-2-1-3-19(20)29-17-15-27-13-11-25-9-7-23-5-4-22-6-8-24-10-12-26-14-16-28-18/h1-3,21H,4-17H2. The lowest BCUT2D eigenvalue weighted by atomic mass is 10.3. The van der Waals surface area contributed by atoms with Crippen LogP contribution in [0, 0.1) is 0 Å². The third kappa shape index (κ3) is 11.2. The smallest absolute Gasteiger partial charge is 0.200 e. The maximum absolute atomic E-state index is 10.2. The zero-order valence-corrected chi connectivity index (χ0v) is 16.8. The molecule has 0 fully saturated rings. The van der Waals surface area contributed by atoms with Crippen LogP contribution in [0.5, 0.6) is 17.2 Å². The first-order valence-electron chi connectivity index (χ1n) is 9.92. The Kier molecular flexibility index (Phi) is 13.2. The number of aromatic hydroxyl groups is 1. The fourth-order valence-corrected chi connectivity index (χ4v) is 2.36. The normalized spacial score (nSPS) is 20.4. The van der Waals surface area contributed by atoms with Crippen LogP contribution in [0.2, 0.25) is 0 Å². The molecule has 9 heteroatoms. The van der Waals surface area contributed by atoms with E-state index in [0.717, 1.165) is 0 Å². The number of hydrogen-bond donors (Lipinski definition) is 1. The second-order valence-corrected chi connectivity index (χ2v) is 5.97. The van der Waals surface area contributed by atoms with E-state index in [1.807, 2.05) is 0 Å². The second kappa shape index (κ2) is 16.2. The number of para-hydroxylation sites is 1. The molecule has 1 N–H and O–H groups in total. The molecule has 0 aromatic heterocycles. The van der Waals surface area contributed by atoms with Crippen LogP contribution in [0.25, 0.3) is 0 Å². The summed E-state index contributed by atoms with van der Waals surface area (Å²) >= 11 is 0. The summed E-state index contributed by atoms with van der Waals surface area (Å²) in [5.74, 6) is 0.660. The van der Waals surface area contributed by atoms with Crippen molar-refractivity contribution >= 4 is 0 Å². The summed E-state index contributed by atoms with van der Waals surface area (Å²) in [6, 6.07) is 5.11. The molecular weight excluding hydrogens is 384 g/mol. The molecule has 0 radical (unpaired) electrons.